The summed E-state index contributed by atoms with van der Waals surface area (Å²) in [6, 6.07) is 20.7. The number of nitrogens with zero attached hydrogens (tertiary/aromatic N) is 3. The fourth-order valence-corrected chi connectivity index (χ4v) is 4.87. The summed E-state index contributed by atoms with van der Waals surface area (Å²) in [5, 5.41) is 5.62. The third kappa shape index (κ3) is 6.22. The van der Waals surface area contributed by atoms with Gasteiger partial charge in [0, 0.05) is 45.6 Å². The summed E-state index contributed by atoms with van der Waals surface area (Å²) in [5.74, 6) is 0.491. The molecule has 0 unspecified atom stereocenters. The van der Waals surface area contributed by atoms with E-state index in [1.807, 2.05) is 48.5 Å². The highest BCUT2D eigenvalue weighted by atomic mass is 79.9. The number of nitrogens with one attached hydrogen (secondary N) is 1. The van der Waals surface area contributed by atoms with Crippen LogP contribution in [-0.4, -0.2) is 55.4 Å². The van der Waals surface area contributed by atoms with E-state index in [4.69, 9.17) is 26.1 Å². The van der Waals surface area contributed by atoms with Gasteiger partial charge >= 0.3 is 0 Å². The molecule has 0 bridgehead atoms. The molecule has 38 heavy (non-hydrogen) atoms. The molecule has 1 aliphatic rings. The highest BCUT2D eigenvalue weighted by molar-refractivity contribution is 9.10. The minimum atomic E-state index is -0.330. The van der Waals surface area contributed by atoms with E-state index in [0.29, 0.717) is 21.8 Å². The number of aromatic nitrogens is 1. The summed E-state index contributed by atoms with van der Waals surface area (Å²) in [7, 11) is 1.67. The predicted octanol–water partition coefficient (Wildman–Crippen LogP) is 5.92. The number of hydrazone groups is 1. The maximum Gasteiger partial charge on any atom is 0.272 e. The highest BCUT2D eigenvalue weighted by Gasteiger charge is 2.16. The molecule has 9 heteroatoms. The average molecular weight is 594 g/mol. The fourth-order valence-electron chi connectivity index (χ4n) is 4.38. The Morgan fingerprint density at radius 1 is 1.13 bits per heavy atom. The zero-order chi connectivity index (χ0) is 26.5. The first-order valence-electron chi connectivity index (χ1n) is 12.2. The summed E-state index contributed by atoms with van der Waals surface area (Å²) in [6.07, 6.45) is 1.64. The van der Waals surface area contributed by atoms with Crippen molar-refractivity contribution in [1.82, 2.24) is 15.3 Å². The number of halogens is 2. The Morgan fingerprint density at radius 3 is 2.68 bits per heavy atom. The van der Waals surface area contributed by atoms with E-state index in [-0.39, 0.29) is 5.91 Å². The van der Waals surface area contributed by atoms with Crippen molar-refractivity contribution in [1.29, 1.82) is 0 Å². The summed E-state index contributed by atoms with van der Waals surface area (Å²) in [6.45, 7) is 3.98. The van der Waals surface area contributed by atoms with Crippen LogP contribution < -0.4 is 10.2 Å². The Morgan fingerprint density at radius 2 is 1.92 bits per heavy atom. The van der Waals surface area contributed by atoms with E-state index in [1.165, 1.54) is 0 Å². The monoisotopic (exact) mass is 592 g/mol. The Kier molecular flexibility index (Phi) is 8.34. The maximum atomic E-state index is 13.3. The van der Waals surface area contributed by atoms with Crippen molar-refractivity contribution >= 4 is 50.6 Å². The van der Waals surface area contributed by atoms with Gasteiger partial charge in [-0.2, -0.15) is 5.10 Å². The van der Waals surface area contributed by atoms with E-state index in [2.05, 4.69) is 31.4 Å². The molecule has 3 aromatic carbocycles. The van der Waals surface area contributed by atoms with Gasteiger partial charge in [-0.3, -0.25) is 9.69 Å². The molecule has 1 N–H and O–H groups in total. The number of hydrogen-bond donors (Lipinski definition) is 1. The van der Waals surface area contributed by atoms with E-state index in [1.54, 1.807) is 31.5 Å². The fraction of sp³-hybridized carbons (Fsp3) is 0.207. The Hall–Kier alpha value is -3.30. The Labute approximate surface area is 234 Å². The molecule has 1 amide bonds. The second-order valence-corrected chi connectivity index (χ2v) is 10.2. The van der Waals surface area contributed by atoms with Gasteiger partial charge in [0.05, 0.1) is 43.3 Å². The Balaban J connectivity index is 1.39. The number of carbonyl (C=O) groups excluding carboxylic acids is 1. The van der Waals surface area contributed by atoms with Crippen LogP contribution in [0.4, 0.5) is 0 Å². The van der Waals surface area contributed by atoms with Crippen molar-refractivity contribution in [2.75, 3.05) is 33.4 Å². The van der Waals surface area contributed by atoms with Crippen LogP contribution in [0.1, 0.15) is 21.5 Å². The summed E-state index contributed by atoms with van der Waals surface area (Å²) in [5.41, 5.74) is 7.32. The van der Waals surface area contributed by atoms with Crippen molar-refractivity contribution in [2.45, 2.75) is 6.54 Å². The van der Waals surface area contributed by atoms with Crippen molar-refractivity contribution in [3.8, 4) is 17.0 Å². The van der Waals surface area contributed by atoms with Crippen LogP contribution in [0.5, 0.6) is 5.75 Å². The molecular weight excluding hydrogens is 568 g/mol. The average Bonchev–Trinajstić information content (AvgIpc) is 2.93. The molecule has 4 aromatic rings. The third-order valence-electron chi connectivity index (χ3n) is 6.34. The van der Waals surface area contributed by atoms with Crippen LogP contribution in [0.15, 0.2) is 76.3 Å². The molecule has 7 nitrogen and oxygen atoms in total. The molecule has 1 aliphatic heterocycles. The van der Waals surface area contributed by atoms with Crippen LogP contribution >= 0.6 is 27.5 Å². The second-order valence-electron chi connectivity index (χ2n) is 8.88. The lowest BCUT2D eigenvalue weighted by Gasteiger charge is -2.27. The van der Waals surface area contributed by atoms with Crippen molar-refractivity contribution in [3.05, 3.63) is 92.9 Å². The lowest BCUT2D eigenvalue weighted by atomic mass is 10.0. The zero-order valence-electron chi connectivity index (χ0n) is 20.8. The minimum Gasteiger partial charge on any atom is -0.496 e. The SMILES string of the molecule is COc1ccc(/C=N/NC(=O)c2cc(-c3ccc(Cl)cc3)nc3ccc(Br)cc23)cc1CN1CCOCC1. The normalized spacial score (nSPS) is 14.2. The van der Waals surface area contributed by atoms with Crippen molar-refractivity contribution in [2.24, 2.45) is 5.10 Å². The Bertz CT molecular complexity index is 1490. The smallest absolute Gasteiger partial charge is 0.272 e. The van der Waals surface area contributed by atoms with Gasteiger partial charge in [0.15, 0.2) is 0 Å². The van der Waals surface area contributed by atoms with Crippen LogP contribution in [-0.2, 0) is 11.3 Å². The topological polar surface area (TPSA) is 76.0 Å². The molecule has 0 spiro atoms. The van der Waals surface area contributed by atoms with Gasteiger partial charge in [-0.25, -0.2) is 10.4 Å². The molecule has 2 heterocycles. The number of amides is 1. The lowest BCUT2D eigenvalue weighted by molar-refractivity contribution is 0.0339. The largest absolute Gasteiger partial charge is 0.496 e. The number of rotatable bonds is 7. The molecule has 0 atom stereocenters. The first kappa shape index (κ1) is 26.3. The molecule has 0 saturated carbocycles. The van der Waals surface area contributed by atoms with Gasteiger partial charge < -0.3 is 9.47 Å². The van der Waals surface area contributed by atoms with Crippen LogP contribution in [0.25, 0.3) is 22.2 Å². The molecule has 1 fully saturated rings. The third-order valence-corrected chi connectivity index (χ3v) is 7.08. The standard InChI is InChI=1S/C29H26BrClN4O3/c1-37-28-9-2-19(14-21(28)18-35-10-12-38-13-11-35)17-32-34-29(36)25-16-27(20-3-6-23(31)7-4-20)33-26-8-5-22(30)15-24(25)26/h2-9,14-17H,10-13,18H2,1H3,(H,34,36)/b32-17+. The molecule has 194 valence electrons. The number of hydrogen-bond acceptors (Lipinski definition) is 6. The summed E-state index contributed by atoms with van der Waals surface area (Å²) >= 11 is 9.56. The van der Waals surface area contributed by atoms with E-state index in [0.717, 1.165) is 65.1 Å². The van der Waals surface area contributed by atoms with Crippen molar-refractivity contribution < 1.29 is 14.3 Å². The van der Waals surface area contributed by atoms with E-state index >= 15 is 0 Å². The summed E-state index contributed by atoms with van der Waals surface area (Å²) in [4.78, 5) is 20.4. The number of methoxy groups -OCH3 is 1. The number of pyridine rings is 1. The molecule has 0 aliphatic carbocycles. The molecule has 0 radical (unpaired) electrons. The van der Waals surface area contributed by atoms with Crippen LogP contribution in [0, 0.1) is 0 Å². The number of fused-ring (bicyclic) bond motifs is 1. The van der Waals surface area contributed by atoms with Gasteiger partial charge in [0.2, 0.25) is 0 Å². The number of benzene rings is 3. The van der Waals surface area contributed by atoms with Gasteiger partial charge in [-0.15, -0.1) is 0 Å². The highest BCUT2D eigenvalue weighted by Crippen LogP contribution is 2.28. The first-order chi connectivity index (χ1) is 18.5. The van der Waals surface area contributed by atoms with E-state index < -0.39 is 0 Å². The second kappa shape index (κ2) is 12.0. The number of carbonyl (C=O) groups is 1. The quantitative estimate of drug-likeness (QED) is 0.213. The number of ether oxygens (including phenoxy) is 2. The summed E-state index contributed by atoms with van der Waals surface area (Å²) < 4.78 is 11.9. The predicted molar refractivity (Wildman–Crippen MR) is 154 cm³/mol. The minimum absolute atomic E-state index is 0.330. The first-order valence-corrected chi connectivity index (χ1v) is 13.3. The molecule has 1 saturated heterocycles. The van der Waals surface area contributed by atoms with Crippen molar-refractivity contribution in [3.63, 3.8) is 0 Å². The molecule has 5 rings (SSSR count). The van der Waals surface area contributed by atoms with Gasteiger partial charge in [0.25, 0.3) is 5.91 Å². The maximum absolute atomic E-state index is 13.3. The van der Waals surface area contributed by atoms with Crippen LogP contribution in [0.3, 0.4) is 0 Å². The van der Waals surface area contributed by atoms with E-state index in [9.17, 15) is 4.79 Å². The zero-order valence-corrected chi connectivity index (χ0v) is 23.1. The van der Waals surface area contributed by atoms with Crippen LogP contribution in [0.2, 0.25) is 5.02 Å². The molecule has 1 aromatic heterocycles. The van der Waals surface area contributed by atoms with Gasteiger partial charge in [-0.05, 0) is 60.2 Å². The number of morpholine rings is 1. The van der Waals surface area contributed by atoms with Gasteiger partial charge in [-0.1, -0.05) is 39.7 Å². The molecular formula is C29H26BrClN4O3. The lowest BCUT2D eigenvalue weighted by Crippen LogP contribution is -2.35. The van der Waals surface area contributed by atoms with Gasteiger partial charge in [0.1, 0.15) is 5.75 Å².